The predicted molar refractivity (Wildman–Crippen MR) is 59.2 cm³/mol. The number of benzene rings is 1. The summed E-state index contributed by atoms with van der Waals surface area (Å²) in [6, 6.07) is 6.47. The molecule has 84 valence electrons. The van der Waals surface area contributed by atoms with Crippen molar-refractivity contribution in [3.63, 3.8) is 0 Å². The first-order valence-corrected chi connectivity index (χ1v) is 5.10. The summed E-state index contributed by atoms with van der Waals surface area (Å²) in [5.74, 6) is 0.0427. The minimum absolute atomic E-state index is 0.0934. The van der Waals surface area contributed by atoms with Gasteiger partial charge in [0.05, 0.1) is 0 Å². The number of hydrogen-bond acceptors (Lipinski definition) is 4. The second kappa shape index (κ2) is 3.92. The molecule has 0 saturated carbocycles. The normalized spacial score (nSPS) is 15.8. The van der Waals surface area contributed by atoms with Gasteiger partial charge < -0.3 is 10.4 Å². The molecule has 1 aliphatic heterocycles. The number of phenolic OH excluding ortho intramolecular Hbond substituents is 1. The highest BCUT2D eigenvalue weighted by Crippen LogP contribution is 2.32. The van der Waals surface area contributed by atoms with Crippen LogP contribution in [0.5, 0.6) is 5.75 Å². The zero-order valence-electron chi connectivity index (χ0n) is 8.97. The molecule has 0 atom stereocenters. The van der Waals surface area contributed by atoms with Crippen molar-refractivity contribution in [3.05, 3.63) is 24.3 Å². The van der Waals surface area contributed by atoms with Gasteiger partial charge in [-0.15, -0.1) is 0 Å². The van der Waals surface area contributed by atoms with Crippen molar-refractivity contribution in [2.24, 2.45) is 10.2 Å². The second-order valence-corrected chi connectivity index (χ2v) is 4.02. The number of carbonyl (C=O) groups is 1. The fourth-order valence-corrected chi connectivity index (χ4v) is 1.34. The van der Waals surface area contributed by atoms with Gasteiger partial charge in [-0.1, -0.05) is 6.07 Å². The monoisotopic (exact) mass is 219 g/mol. The van der Waals surface area contributed by atoms with Crippen molar-refractivity contribution in [1.82, 2.24) is 0 Å². The Morgan fingerprint density at radius 2 is 2.25 bits per heavy atom. The van der Waals surface area contributed by atoms with Crippen molar-refractivity contribution in [2.45, 2.75) is 25.4 Å². The number of nitrogens with one attached hydrogen (secondary N) is 1. The zero-order valence-corrected chi connectivity index (χ0v) is 8.97. The highest BCUT2D eigenvalue weighted by molar-refractivity contribution is 5.90. The molecule has 0 radical (unpaired) electrons. The summed E-state index contributed by atoms with van der Waals surface area (Å²) in [6.07, 6.45) is 0.997. The lowest BCUT2D eigenvalue weighted by atomic mass is 10.1. The van der Waals surface area contributed by atoms with Crippen LogP contribution in [0.4, 0.5) is 5.69 Å². The van der Waals surface area contributed by atoms with E-state index < -0.39 is 0 Å². The number of aromatic hydroxyl groups is 1. The van der Waals surface area contributed by atoms with E-state index in [2.05, 4.69) is 15.5 Å². The number of rotatable bonds is 4. The fraction of sp³-hybridized carbons (Fsp3) is 0.364. The van der Waals surface area contributed by atoms with Gasteiger partial charge in [0.1, 0.15) is 5.75 Å². The van der Waals surface area contributed by atoms with E-state index in [0.717, 1.165) is 0 Å². The van der Waals surface area contributed by atoms with E-state index in [-0.39, 0.29) is 17.3 Å². The van der Waals surface area contributed by atoms with E-state index in [4.69, 9.17) is 0 Å². The second-order valence-electron chi connectivity index (χ2n) is 4.02. The third-order valence-electron chi connectivity index (χ3n) is 2.40. The molecule has 0 aliphatic carbocycles. The summed E-state index contributed by atoms with van der Waals surface area (Å²) in [4.78, 5) is 11.5. The van der Waals surface area contributed by atoms with Crippen molar-refractivity contribution < 1.29 is 9.90 Å². The van der Waals surface area contributed by atoms with Crippen LogP contribution in [0.25, 0.3) is 0 Å². The Hall–Kier alpha value is -1.91. The van der Waals surface area contributed by atoms with Gasteiger partial charge in [0, 0.05) is 24.6 Å². The Balaban J connectivity index is 1.82. The first-order chi connectivity index (χ1) is 7.57. The van der Waals surface area contributed by atoms with Crippen molar-refractivity contribution >= 4 is 11.6 Å². The molecule has 0 bridgehead atoms. The Bertz CT molecular complexity index is 437. The third-order valence-corrected chi connectivity index (χ3v) is 2.40. The SMILES string of the molecule is CC1(CCC(=O)Nc2cccc(O)c2)N=N1. The number of carbonyl (C=O) groups excluding carboxylic acids is 1. The summed E-state index contributed by atoms with van der Waals surface area (Å²) in [6.45, 7) is 1.88. The van der Waals surface area contributed by atoms with E-state index >= 15 is 0 Å². The molecule has 1 amide bonds. The minimum Gasteiger partial charge on any atom is -0.508 e. The minimum atomic E-state index is -0.337. The number of nitrogens with zero attached hydrogens (tertiary/aromatic N) is 2. The van der Waals surface area contributed by atoms with Crippen LogP contribution in [0.3, 0.4) is 0 Å². The van der Waals surface area contributed by atoms with E-state index in [1.165, 1.54) is 6.07 Å². The number of anilines is 1. The fourth-order valence-electron chi connectivity index (χ4n) is 1.34. The van der Waals surface area contributed by atoms with Gasteiger partial charge in [0.2, 0.25) is 5.91 Å². The Morgan fingerprint density at radius 3 is 2.88 bits per heavy atom. The van der Waals surface area contributed by atoms with E-state index in [9.17, 15) is 9.90 Å². The van der Waals surface area contributed by atoms with Crippen LogP contribution in [0.2, 0.25) is 0 Å². The maximum atomic E-state index is 11.5. The smallest absolute Gasteiger partial charge is 0.224 e. The average Bonchev–Trinajstić information content (AvgIpc) is 2.95. The lowest BCUT2D eigenvalue weighted by Gasteiger charge is -2.06. The van der Waals surface area contributed by atoms with Crippen LogP contribution in [0.15, 0.2) is 34.5 Å². The molecular formula is C11H13N3O2. The van der Waals surface area contributed by atoms with Gasteiger partial charge in [0.15, 0.2) is 5.66 Å². The first-order valence-electron chi connectivity index (χ1n) is 5.10. The van der Waals surface area contributed by atoms with Gasteiger partial charge in [0.25, 0.3) is 0 Å². The molecule has 2 rings (SSSR count). The van der Waals surface area contributed by atoms with Gasteiger partial charge in [-0.3, -0.25) is 4.79 Å². The first kappa shape index (κ1) is 10.6. The molecule has 1 aromatic rings. The van der Waals surface area contributed by atoms with E-state index in [0.29, 0.717) is 18.5 Å². The van der Waals surface area contributed by atoms with Crippen molar-refractivity contribution in [2.75, 3.05) is 5.32 Å². The topological polar surface area (TPSA) is 74.0 Å². The molecule has 1 heterocycles. The molecule has 5 heteroatoms. The number of amides is 1. The number of hydrogen-bond donors (Lipinski definition) is 2. The molecular weight excluding hydrogens is 206 g/mol. The standard InChI is InChI=1S/C11H13N3O2/c1-11(13-14-11)6-5-10(16)12-8-3-2-4-9(15)7-8/h2-4,7,15H,5-6H2,1H3,(H,12,16). The van der Waals surface area contributed by atoms with Crippen LogP contribution in [-0.2, 0) is 4.79 Å². The van der Waals surface area contributed by atoms with Crippen LogP contribution in [-0.4, -0.2) is 16.7 Å². The molecule has 16 heavy (non-hydrogen) atoms. The van der Waals surface area contributed by atoms with Crippen molar-refractivity contribution in [1.29, 1.82) is 0 Å². The Kier molecular flexibility index (Phi) is 2.60. The highest BCUT2D eigenvalue weighted by Gasteiger charge is 2.33. The van der Waals surface area contributed by atoms with Gasteiger partial charge in [-0.2, -0.15) is 10.2 Å². The molecule has 1 aromatic carbocycles. The molecule has 0 saturated heterocycles. The Morgan fingerprint density at radius 1 is 1.50 bits per heavy atom. The molecule has 5 nitrogen and oxygen atoms in total. The Labute approximate surface area is 93.2 Å². The van der Waals surface area contributed by atoms with Crippen LogP contribution >= 0.6 is 0 Å². The molecule has 0 unspecified atom stereocenters. The largest absolute Gasteiger partial charge is 0.508 e. The van der Waals surface area contributed by atoms with Crippen molar-refractivity contribution in [3.8, 4) is 5.75 Å². The van der Waals surface area contributed by atoms with Gasteiger partial charge in [-0.25, -0.2) is 0 Å². The highest BCUT2D eigenvalue weighted by atomic mass is 16.3. The third kappa shape index (κ3) is 2.79. The molecule has 0 aromatic heterocycles. The maximum absolute atomic E-state index is 11.5. The molecule has 0 spiro atoms. The summed E-state index contributed by atoms with van der Waals surface area (Å²) >= 11 is 0. The summed E-state index contributed by atoms with van der Waals surface area (Å²) in [5, 5.41) is 19.6. The van der Waals surface area contributed by atoms with E-state index in [1.54, 1.807) is 18.2 Å². The van der Waals surface area contributed by atoms with E-state index in [1.807, 2.05) is 6.92 Å². The van der Waals surface area contributed by atoms with Crippen LogP contribution < -0.4 is 5.32 Å². The molecule has 2 N–H and O–H groups in total. The van der Waals surface area contributed by atoms with Crippen LogP contribution in [0.1, 0.15) is 19.8 Å². The summed E-state index contributed by atoms with van der Waals surface area (Å²) in [5.41, 5.74) is 0.260. The zero-order chi connectivity index (χ0) is 11.6. The van der Waals surface area contributed by atoms with Gasteiger partial charge in [-0.05, 0) is 19.1 Å². The maximum Gasteiger partial charge on any atom is 0.224 e. The lowest BCUT2D eigenvalue weighted by molar-refractivity contribution is -0.116. The molecule has 1 aliphatic rings. The molecule has 0 fully saturated rings. The predicted octanol–water partition coefficient (Wildman–Crippen LogP) is 2.29. The summed E-state index contributed by atoms with van der Waals surface area (Å²) < 4.78 is 0. The van der Waals surface area contributed by atoms with Gasteiger partial charge >= 0.3 is 0 Å². The summed E-state index contributed by atoms with van der Waals surface area (Å²) in [7, 11) is 0. The quantitative estimate of drug-likeness (QED) is 0.815. The average molecular weight is 219 g/mol. The number of phenols is 1. The van der Waals surface area contributed by atoms with Crippen LogP contribution in [0, 0.1) is 0 Å². The lowest BCUT2D eigenvalue weighted by Crippen LogP contribution is -2.15.